The minimum atomic E-state index is 0.768. The Hall–Kier alpha value is -1.09. The van der Waals surface area contributed by atoms with Crippen molar-refractivity contribution in [3.8, 4) is 0 Å². The molecule has 1 fully saturated rings. The van der Waals surface area contributed by atoms with Gasteiger partial charge in [-0.3, -0.25) is 4.98 Å². The lowest BCUT2D eigenvalue weighted by molar-refractivity contribution is 0.178. The van der Waals surface area contributed by atoms with Crippen LogP contribution in [0.15, 0.2) is 18.3 Å². The molecule has 0 spiro atoms. The zero-order valence-electron chi connectivity index (χ0n) is 11.9. The highest BCUT2D eigenvalue weighted by molar-refractivity contribution is 5.45. The van der Waals surface area contributed by atoms with Crippen molar-refractivity contribution in [1.29, 1.82) is 0 Å². The Morgan fingerprint density at radius 3 is 3.00 bits per heavy atom. The molecule has 1 aliphatic heterocycles. The van der Waals surface area contributed by atoms with Crippen LogP contribution in [0, 0.1) is 6.92 Å². The number of hydrogen-bond acceptors (Lipinski definition) is 3. The summed E-state index contributed by atoms with van der Waals surface area (Å²) in [5.74, 6) is 0. The molecule has 0 N–H and O–H groups in total. The molecule has 0 saturated carbocycles. The Kier molecular flexibility index (Phi) is 4.59. The summed E-state index contributed by atoms with van der Waals surface area (Å²) in [6.07, 6.45) is 7.28. The number of likely N-dealkylation sites (tertiary alicyclic amines) is 1. The summed E-state index contributed by atoms with van der Waals surface area (Å²) in [5.41, 5.74) is 2.37. The SMILES string of the molecule is Cc1cc(N(C)CCC2CCCCN2C)ccn1. The maximum atomic E-state index is 4.25. The van der Waals surface area contributed by atoms with Crippen LogP contribution in [0.25, 0.3) is 0 Å². The van der Waals surface area contributed by atoms with Gasteiger partial charge in [-0.05, 0) is 51.9 Å². The average Bonchev–Trinajstić information content (AvgIpc) is 2.37. The lowest BCUT2D eigenvalue weighted by atomic mass is 10.00. The summed E-state index contributed by atoms with van der Waals surface area (Å²) in [5, 5.41) is 0. The third kappa shape index (κ3) is 3.45. The van der Waals surface area contributed by atoms with E-state index in [9.17, 15) is 0 Å². The van der Waals surface area contributed by atoms with E-state index >= 15 is 0 Å². The molecule has 0 amide bonds. The maximum absolute atomic E-state index is 4.25. The van der Waals surface area contributed by atoms with Crippen molar-refractivity contribution in [1.82, 2.24) is 9.88 Å². The number of aryl methyl sites for hydroxylation is 1. The van der Waals surface area contributed by atoms with E-state index in [-0.39, 0.29) is 0 Å². The molecule has 1 aromatic rings. The fourth-order valence-corrected chi connectivity index (χ4v) is 2.75. The molecule has 0 radical (unpaired) electrons. The molecule has 2 heterocycles. The molecule has 1 saturated heterocycles. The van der Waals surface area contributed by atoms with Gasteiger partial charge in [-0.1, -0.05) is 6.42 Å². The molecule has 1 unspecified atom stereocenters. The lowest BCUT2D eigenvalue weighted by Crippen LogP contribution is -2.38. The van der Waals surface area contributed by atoms with E-state index in [1.165, 1.54) is 37.9 Å². The highest BCUT2D eigenvalue weighted by atomic mass is 15.1. The predicted molar refractivity (Wildman–Crippen MR) is 77.1 cm³/mol. The molecular weight excluding hydrogens is 222 g/mol. The zero-order chi connectivity index (χ0) is 13.0. The Labute approximate surface area is 111 Å². The van der Waals surface area contributed by atoms with Crippen molar-refractivity contribution >= 4 is 5.69 Å². The summed E-state index contributed by atoms with van der Waals surface area (Å²) in [6, 6.07) is 5.02. The first-order valence-corrected chi connectivity index (χ1v) is 7.01. The van der Waals surface area contributed by atoms with Crippen LogP contribution in [0.4, 0.5) is 5.69 Å². The Morgan fingerprint density at radius 1 is 1.44 bits per heavy atom. The minimum Gasteiger partial charge on any atom is -0.374 e. The fraction of sp³-hybridized carbons (Fsp3) is 0.667. The smallest absolute Gasteiger partial charge is 0.0397 e. The Morgan fingerprint density at radius 2 is 2.28 bits per heavy atom. The van der Waals surface area contributed by atoms with Crippen LogP contribution in [0.5, 0.6) is 0 Å². The standard InChI is InChI=1S/C15H25N3/c1-13-12-15(7-9-16-13)18(3)11-8-14-6-4-5-10-17(14)2/h7,9,12,14H,4-6,8,10-11H2,1-3H3. The van der Waals surface area contributed by atoms with E-state index in [4.69, 9.17) is 0 Å². The Balaban J connectivity index is 1.86. The van der Waals surface area contributed by atoms with Gasteiger partial charge in [-0.25, -0.2) is 0 Å². The van der Waals surface area contributed by atoms with Crippen molar-refractivity contribution in [2.45, 2.75) is 38.6 Å². The summed E-state index contributed by atoms with van der Waals surface area (Å²) < 4.78 is 0. The summed E-state index contributed by atoms with van der Waals surface area (Å²) in [4.78, 5) is 9.12. The number of rotatable bonds is 4. The molecule has 0 bridgehead atoms. The minimum absolute atomic E-state index is 0.768. The van der Waals surface area contributed by atoms with Crippen LogP contribution < -0.4 is 4.90 Å². The summed E-state index contributed by atoms with van der Waals surface area (Å²) >= 11 is 0. The van der Waals surface area contributed by atoms with Gasteiger partial charge in [0, 0.05) is 37.2 Å². The monoisotopic (exact) mass is 247 g/mol. The summed E-state index contributed by atoms with van der Waals surface area (Å²) in [6.45, 7) is 4.44. The molecule has 1 aromatic heterocycles. The third-order valence-corrected chi connectivity index (χ3v) is 4.04. The van der Waals surface area contributed by atoms with Gasteiger partial charge < -0.3 is 9.80 Å². The molecule has 3 nitrogen and oxygen atoms in total. The van der Waals surface area contributed by atoms with Gasteiger partial charge in [0.15, 0.2) is 0 Å². The van der Waals surface area contributed by atoms with Crippen molar-refractivity contribution in [3.63, 3.8) is 0 Å². The molecule has 0 aliphatic carbocycles. The second-order valence-corrected chi connectivity index (χ2v) is 5.50. The van der Waals surface area contributed by atoms with E-state index in [0.29, 0.717) is 0 Å². The normalized spacial score (nSPS) is 20.9. The van der Waals surface area contributed by atoms with Gasteiger partial charge in [0.2, 0.25) is 0 Å². The molecular formula is C15H25N3. The molecule has 2 rings (SSSR count). The number of pyridine rings is 1. The van der Waals surface area contributed by atoms with E-state index in [2.05, 4.69) is 41.0 Å². The van der Waals surface area contributed by atoms with E-state index in [1.807, 2.05) is 13.1 Å². The fourth-order valence-electron chi connectivity index (χ4n) is 2.75. The predicted octanol–water partition coefficient (Wildman–Crippen LogP) is 2.70. The molecule has 18 heavy (non-hydrogen) atoms. The number of aromatic nitrogens is 1. The van der Waals surface area contributed by atoms with Crippen molar-refractivity contribution < 1.29 is 0 Å². The van der Waals surface area contributed by atoms with Crippen LogP contribution in [-0.4, -0.2) is 43.1 Å². The topological polar surface area (TPSA) is 19.4 Å². The molecule has 1 atom stereocenters. The quantitative estimate of drug-likeness (QED) is 0.815. The summed E-state index contributed by atoms with van der Waals surface area (Å²) in [7, 11) is 4.44. The molecule has 1 aliphatic rings. The first kappa shape index (κ1) is 13.3. The lowest BCUT2D eigenvalue weighted by Gasteiger charge is -2.33. The highest BCUT2D eigenvalue weighted by Gasteiger charge is 2.18. The van der Waals surface area contributed by atoms with Crippen LogP contribution in [0.3, 0.4) is 0 Å². The maximum Gasteiger partial charge on any atom is 0.0397 e. The van der Waals surface area contributed by atoms with Crippen molar-refractivity contribution in [2.24, 2.45) is 0 Å². The van der Waals surface area contributed by atoms with Crippen molar-refractivity contribution in [2.75, 3.05) is 32.1 Å². The van der Waals surface area contributed by atoms with Gasteiger partial charge in [-0.2, -0.15) is 0 Å². The van der Waals surface area contributed by atoms with Crippen LogP contribution in [-0.2, 0) is 0 Å². The largest absolute Gasteiger partial charge is 0.374 e. The first-order chi connectivity index (χ1) is 8.66. The number of nitrogens with zero attached hydrogens (tertiary/aromatic N) is 3. The molecule has 0 aromatic carbocycles. The van der Waals surface area contributed by atoms with Gasteiger partial charge in [0.1, 0.15) is 0 Å². The van der Waals surface area contributed by atoms with Crippen LogP contribution >= 0.6 is 0 Å². The van der Waals surface area contributed by atoms with Crippen LogP contribution in [0.2, 0.25) is 0 Å². The van der Waals surface area contributed by atoms with Gasteiger partial charge in [0.05, 0.1) is 0 Å². The number of anilines is 1. The Bertz CT molecular complexity index is 378. The van der Waals surface area contributed by atoms with Crippen molar-refractivity contribution in [3.05, 3.63) is 24.0 Å². The average molecular weight is 247 g/mol. The van der Waals surface area contributed by atoms with Gasteiger partial charge >= 0.3 is 0 Å². The molecule has 3 heteroatoms. The molecule has 100 valence electrons. The first-order valence-electron chi connectivity index (χ1n) is 7.01. The van der Waals surface area contributed by atoms with E-state index < -0.39 is 0 Å². The van der Waals surface area contributed by atoms with Gasteiger partial charge in [0.25, 0.3) is 0 Å². The highest BCUT2D eigenvalue weighted by Crippen LogP contribution is 2.19. The zero-order valence-corrected chi connectivity index (χ0v) is 11.9. The number of piperidine rings is 1. The van der Waals surface area contributed by atoms with E-state index in [0.717, 1.165) is 18.3 Å². The second-order valence-electron chi connectivity index (χ2n) is 5.50. The third-order valence-electron chi connectivity index (χ3n) is 4.04. The van der Waals surface area contributed by atoms with Crippen LogP contribution in [0.1, 0.15) is 31.4 Å². The van der Waals surface area contributed by atoms with E-state index in [1.54, 1.807) is 0 Å². The van der Waals surface area contributed by atoms with Gasteiger partial charge in [-0.15, -0.1) is 0 Å². The second kappa shape index (κ2) is 6.19. The number of hydrogen-bond donors (Lipinski definition) is 0.